The number of alkyl halides is 3. The van der Waals surface area contributed by atoms with Crippen LogP contribution < -0.4 is 5.32 Å². The standard InChI is InChI=1S/C13H14F3NO2S/c1-2-3-4-5-10-17-11-6-8-12(9-7-11)20(18,19)13(14,15)16/h1,6-9,17H,3-5,10H2. The fourth-order valence-electron chi connectivity index (χ4n) is 1.47. The van der Waals surface area contributed by atoms with Gasteiger partial charge >= 0.3 is 5.51 Å². The summed E-state index contributed by atoms with van der Waals surface area (Å²) in [4.78, 5) is -0.761. The highest BCUT2D eigenvalue weighted by Crippen LogP contribution is 2.30. The zero-order valence-electron chi connectivity index (χ0n) is 10.6. The Labute approximate surface area is 116 Å². The van der Waals surface area contributed by atoms with Gasteiger partial charge in [-0.1, -0.05) is 0 Å². The average Bonchev–Trinajstić information content (AvgIpc) is 2.38. The van der Waals surface area contributed by atoms with Gasteiger partial charge in [-0.05, 0) is 37.1 Å². The first kappa shape index (κ1) is 16.4. The fraction of sp³-hybridized carbons (Fsp3) is 0.385. The van der Waals surface area contributed by atoms with Crippen molar-refractivity contribution in [2.24, 2.45) is 0 Å². The number of halogens is 3. The summed E-state index contributed by atoms with van der Waals surface area (Å²) in [5.74, 6) is 2.50. The van der Waals surface area contributed by atoms with E-state index < -0.39 is 20.2 Å². The molecular formula is C13H14F3NO2S. The van der Waals surface area contributed by atoms with Gasteiger partial charge in [-0.3, -0.25) is 0 Å². The summed E-state index contributed by atoms with van der Waals surface area (Å²) in [6.45, 7) is 0.618. The van der Waals surface area contributed by atoms with E-state index in [9.17, 15) is 21.6 Å². The zero-order chi connectivity index (χ0) is 15.2. The third-order valence-electron chi connectivity index (χ3n) is 2.55. The summed E-state index contributed by atoms with van der Waals surface area (Å²) in [6.07, 6.45) is 7.44. The van der Waals surface area contributed by atoms with Gasteiger partial charge in [-0.2, -0.15) is 13.2 Å². The van der Waals surface area contributed by atoms with Crippen molar-refractivity contribution < 1.29 is 21.6 Å². The van der Waals surface area contributed by atoms with Crippen molar-refractivity contribution in [3.63, 3.8) is 0 Å². The molecule has 1 rings (SSSR count). The first-order valence-corrected chi connectivity index (χ1v) is 7.36. The van der Waals surface area contributed by atoms with E-state index in [4.69, 9.17) is 6.42 Å². The van der Waals surface area contributed by atoms with Crippen LogP contribution in [-0.4, -0.2) is 20.5 Å². The van der Waals surface area contributed by atoms with Crippen LogP contribution in [0.3, 0.4) is 0 Å². The maximum atomic E-state index is 12.3. The van der Waals surface area contributed by atoms with Crippen LogP contribution in [0, 0.1) is 12.3 Å². The lowest BCUT2D eigenvalue weighted by Gasteiger charge is -2.09. The Morgan fingerprint density at radius 1 is 1.15 bits per heavy atom. The molecule has 0 heterocycles. The molecule has 0 amide bonds. The lowest BCUT2D eigenvalue weighted by Crippen LogP contribution is -2.23. The van der Waals surface area contributed by atoms with E-state index in [0.717, 1.165) is 25.0 Å². The lowest BCUT2D eigenvalue weighted by atomic mass is 10.2. The summed E-state index contributed by atoms with van der Waals surface area (Å²) in [5.41, 5.74) is -4.72. The number of hydrogen-bond acceptors (Lipinski definition) is 3. The molecule has 0 spiro atoms. The minimum atomic E-state index is -5.28. The van der Waals surface area contributed by atoms with Crippen LogP contribution in [0.2, 0.25) is 0 Å². The maximum Gasteiger partial charge on any atom is 0.501 e. The van der Waals surface area contributed by atoms with Crippen LogP contribution in [0.15, 0.2) is 29.2 Å². The molecule has 20 heavy (non-hydrogen) atoms. The number of rotatable bonds is 6. The molecule has 0 saturated heterocycles. The molecule has 0 fully saturated rings. The lowest BCUT2D eigenvalue weighted by molar-refractivity contribution is -0.0436. The van der Waals surface area contributed by atoms with Gasteiger partial charge in [0.15, 0.2) is 0 Å². The SMILES string of the molecule is C#CCCCCNc1ccc(S(=O)(=O)C(F)(F)F)cc1. The first-order chi connectivity index (χ1) is 9.29. The normalized spacial score (nSPS) is 11.9. The molecule has 3 nitrogen and oxygen atoms in total. The topological polar surface area (TPSA) is 46.2 Å². The number of sulfone groups is 1. The Bertz CT molecular complexity index is 571. The third kappa shape index (κ3) is 4.17. The second kappa shape index (κ2) is 6.66. The number of terminal acetylenes is 1. The molecule has 0 aliphatic heterocycles. The highest BCUT2D eigenvalue weighted by Gasteiger charge is 2.46. The molecule has 0 radical (unpaired) electrons. The molecule has 0 aromatic heterocycles. The molecule has 7 heteroatoms. The van der Waals surface area contributed by atoms with Gasteiger partial charge < -0.3 is 5.32 Å². The molecule has 0 atom stereocenters. The number of nitrogens with one attached hydrogen (secondary N) is 1. The maximum absolute atomic E-state index is 12.3. The summed E-state index contributed by atoms with van der Waals surface area (Å²) in [5, 5.41) is 2.98. The smallest absolute Gasteiger partial charge is 0.385 e. The van der Waals surface area contributed by atoms with Gasteiger partial charge in [0.05, 0.1) is 4.90 Å². The van der Waals surface area contributed by atoms with Crippen LogP contribution >= 0.6 is 0 Å². The Kier molecular flexibility index (Phi) is 5.45. The van der Waals surface area contributed by atoms with E-state index in [1.165, 1.54) is 12.1 Å². The van der Waals surface area contributed by atoms with E-state index in [1.807, 2.05) is 0 Å². The summed E-state index contributed by atoms with van der Waals surface area (Å²) >= 11 is 0. The molecular weight excluding hydrogens is 291 g/mol. The highest BCUT2D eigenvalue weighted by atomic mass is 32.2. The molecule has 1 N–H and O–H groups in total. The fourth-order valence-corrected chi connectivity index (χ4v) is 2.23. The minimum Gasteiger partial charge on any atom is -0.385 e. The van der Waals surface area contributed by atoms with Crippen molar-refractivity contribution in [2.45, 2.75) is 29.7 Å². The number of benzene rings is 1. The Hall–Kier alpha value is -1.68. The second-order valence-electron chi connectivity index (χ2n) is 4.06. The van der Waals surface area contributed by atoms with Gasteiger partial charge in [0.1, 0.15) is 0 Å². The molecule has 0 saturated carbocycles. The Morgan fingerprint density at radius 2 is 1.75 bits per heavy atom. The van der Waals surface area contributed by atoms with E-state index in [-0.39, 0.29) is 0 Å². The Morgan fingerprint density at radius 3 is 2.25 bits per heavy atom. The zero-order valence-corrected chi connectivity index (χ0v) is 11.4. The molecule has 110 valence electrons. The van der Waals surface area contributed by atoms with Gasteiger partial charge in [0.2, 0.25) is 0 Å². The molecule has 0 bridgehead atoms. The van der Waals surface area contributed by atoms with Crippen molar-refractivity contribution in [2.75, 3.05) is 11.9 Å². The van der Waals surface area contributed by atoms with E-state index in [1.54, 1.807) is 0 Å². The molecule has 1 aromatic carbocycles. The highest BCUT2D eigenvalue weighted by molar-refractivity contribution is 7.92. The first-order valence-electron chi connectivity index (χ1n) is 5.88. The van der Waals surface area contributed by atoms with E-state index >= 15 is 0 Å². The summed E-state index contributed by atoms with van der Waals surface area (Å²) < 4.78 is 59.2. The monoisotopic (exact) mass is 305 g/mol. The van der Waals surface area contributed by atoms with Crippen molar-refractivity contribution in [1.29, 1.82) is 0 Å². The summed E-state index contributed by atoms with van der Waals surface area (Å²) in [7, 11) is -5.28. The number of unbranched alkanes of at least 4 members (excludes halogenated alkanes) is 2. The molecule has 0 aliphatic rings. The van der Waals surface area contributed by atoms with Gasteiger partial charge in [-0.15, -0.1) is 12.3 Å². The van der Waals surface area contributed by atoms with Crippen molar-refractivity contribution >= 4 is 15.5 Å². The predicted octanol–water partition coefficient (Wildman–Crippen LogP) is 3.20. The van der Waals surface area contributed by atoms with E-state index in [2.05, 4.69) is 11.2 Å². The van der Waals surface area contributed by atoms with Gasteiger partial charge in [0, 0.05) is 18.7 Å². The van der Waals surface area contributed by atoms with Gasteiger partial charge in [-0.25, -0.2) is 8.42 Å². The van der Waals surface area contributed by atoms with Crippen LogP contribution in [0.25, 0.3) is 0 Å². The third-order valence-corrected chi connectivity index (χ3v) is 4.05. The predicted molar refractivity (Wildman–Crippen MR) is 70.9 cm³/mol. The van der Waals surface area contributed by atoms with Crippen molar-refractivity contribution in [3.8, 4) is 12.3 Å². The van der Waals surface area contributed by atoms with Crippen molar-refractivity contribution in [3.05, 3.63) is 24.3 Å². The van der Waals surface area contributed by atoms with Crippen molar-refractivity contribution in [1.82, 2.24) is 0 Å². The van der Waals surface area contributed by atoms with Crippen LogP contribution in [0.1, 0.15) is 19.3 Å². The van der Waals surface area contributed by atoms with Crippen LogP contribution in [0.4, 0.5) is 18.9 Å². The van der Waals surface area contributed by atoms with Crippen LogP contribution in [0.5, 0.6) is 0 Å². The second-order valence-corrected chi connectivity index (χ2v) is 6.00. The summed E-state index contributed by atoms with van der Waals surface area (Å²) in [6, 6.07) is 4.48. The molecule has 1 aromatic rings. The Balaban J connectivity index is 2.64. The van der Waals surface area contributed by atoms with Crippen LogP contribution in [-0.2, 0) is 9.84 Å². The largest absolute Gasteiger partial charge is 0.501 e. The number of hydrogen-bond donors (Lipinski definition) is 1. The molecule has 0 aliphatic carbocycles. The minimum absolute atomic E-state index is 0.562. The van der Waals surface area contributed by atoms with E-state index in [0.29, 0.717) is 18.7 Å². The number of anilines is 1. The average molecular weight is 305 g/mol. The molecule has 0 unspecified atom stereocenters. The van der Waals surface area contributed by atoms with Gasteiger partial charge in [0.25, 0.3) is 9.84 Å². The quantitative estimate of drug-likeness (QED) is 0.648.